The van der Waals surface area contributed by atoms with Crippen LogP contribution in [-0.2, 0) is 15.9 Å². The van der Waals surface area contributed by atoms with Crippen LogP contribution in [0.15, 0.2) is 12.1 Å². The first-order chi connectivity index (χ1) is 9.62. The zero-order valence-electron chi connectivity index (χ0n) is 12.3. The van der Waals surface area contributed by atoms with Crippen LogP contribution in [0.4, 0.5) is 5.82 Å². The summed E-state index contributed by atoms with van der Waals surface area (Å²) in [6.07, 6.45) is 0.691. The van der Waals surface area contributed by atoms with Crippen LogP contribution in [0.1, 0.15) is 23.0 Å². The molecule has 6 nitrogen and oxygen atoms in total. The summed E-state index contributed by atoms with van der Waals surface area (Å²) in [6, 6.07) is 3.20. The molecule has 0 saturated heterocycles. The molecule has 1 aromatic heterocycles. The Kier molecular flexibility index (Phi) is 6.97. The van der Waals surface area contributed by atoms with E-state index in [2.05, 4.69) is 4.98 Å². The summed E-state index contributed by atoms with van der Waals surface area (Å²) in [4.78, 5) is 17.6. The molecule has 1 N–H and O–H groups in total. The standard InChI is InChI=1S/C14H22N2O4/c1-4-12-9-11(14(17)18)10-13(15-12)16(5-7-19-2)6-8-20-3/h9-10H,4-8H2,1-3H3,(H,17,18). The van der Waals surface area contributed by atoms with Crippen molar-refractivity contribution >= 4 is 11.8 Å². The van der Waals surface area contributed by atoms with Gasteiger partial charge in [0.15, 0.2) is 0 Å². The molecule has 1 aromatic rings. The van der Waals surface area contributed by atoms with E-state index in [1.54, 1.807) is 26.4 Å². The highest BCUT2D eigenvalue weighted by Gasteiger charge is 2.13. The van der Waals surface area contributed by atoms with Gasteiger partial charge in [0, 0.05) is 33.0 Å². The number of ether oxygens (including phenoxy) is 2. The van der Waals surface area contributed by atoms with Crippen LogP contribution in [0.25, 0.3) is 0 Å². The highest BCUT2D eigenvalue weighted by Crippen LogP contribution is 2.16. The molecule has 0 aliphatic rings. The van der Waals surface area contributed by atoms with E-state index in [1.807, 2.05) is 11.8 Å². The first-order valence-corrected chi connectivity index (χ1v) is 6.59. The number of pyridine rings is 1. The fraction of sp³-hybridized carbons (Fsp3) is 0.571. The van der Waals surface area contributed by atoms with Gasteiger partial charge in [0.2, 0.25) is 0 Å². The lowest BCUT2D eigenvalue weighted by Crippen LogP contribution is -2.31. The number of hydrogen-bond acceptors (Lipinski definition) is 5. The number of aromatic carboxylic acids is 1. The summed E-state index contributed by atoms with van der Waals surface area (Å²) in [7, 11) is 3.26. The van der Waals surface area contributed by atoms with Crippen molar-refractivity contribution in [3.8, 4) is 0 Å². The summed E-state index contributed by atoms with van der Waals surface area (Å²) in [5.74, 6) is -0.294. The Balaban J connectivity index is 3.02. The van der Waals surface area contributed by atoms with E-state index in [4.69, 9.17) is 14.6 Å². The summed E-state index contributed by atoms with van der Waals surface area (Å²) in [5.41, 5.74) is 1.02. The largest absolute Gasteiger partial charge is 0.478 e. The number of carboxylic acids is 1. The highest BCUT2D eigenvalue weighted by molar-refractivity contribution is 5.88. The van der Waals surface area contributed by atoms with Crippen molar-refractivity contribution in [2.75, 3.05) is 45.4 Å². The molecule has 0 saturated carbocycles. The fourth-order valence-electron chi connectivity index (χ4n) is 1.78. The zero-order valence-corrected chi connectivity index (χ0v) is 12.3. The number of methoxy groups -OCH3 is 2. The Bertz CT molecular complexity index is 429. The van der Waals surface area contributed by atoms with Gasteiger partial charge in [0.05, 0.1) is 18.8 Å². The lowest BCUT2D eigenvalue weighted by Gasteiger charge is -2.24. The van der Waals surface area contributed by atoms with E-state index in [0.29, 0.717) is 38.5 Å². The summed E-state index contributed by atoms with van der Waals surface area (Å²) in [5, 5.41) is 9.17. The minimum absolute atomic E-state index is 0.256. The predicted molar refractivity (Wildman–Crippen MR) is 76.5 cm³/mol. The van der Waals surface area contributed by atoms with Gasteiger partial charge in [-0.3, -0.25) is 0 Å². The van der Waals surface area contributed by atoms with Gasteiger partial charge in [-0.25, -0.2) is 9.78 Å². The lowest BCUT2D eigenvalue weighted by molar-refractivity contribution is 0.0696. The van der Waals surface area contributed by atoms with Crippen LogP contribution in [0.3, 0.4) is 0 Å². The molecule has 1 heterocycles. The van der Waals surface area contributed by atoms with E-state index < -0.39 is 5.97 Å². The fourth-order valence-corrected chi connectivity index (χ4v) is 1.78. The number of aryl methyl sites for hydroxylation is 1. The molecule has 0 aromatic carbocycles. The second-order valence-electron chi connectivity index (χ2n) is 4.34. The molecule has 0 fully saturated rings. The number of aromatic nitrogens is 1. The van der Waals surface area contributed by atoms with Crippen molar-refractivity contribution in [2.24, 2.45) is 0 Å². The summed E-state index contributed by atoms with van der Waals surface area (Å²) in [6.45, 7) is 4.32. The predicted octanol–water partition coefficient (Wildman–Crippen LogP) is 1.44. The first kappa shape index (κ1) is 16.4. The number of nitrogens with zero attached hydrogens (tertiary/aromatic N) is 2. The van der Waals surface area contributed by atoms with Crippen molar-refractivity contribution < 1.29 is 19.4 Å². The average molecular weight is 282 g/mol. The second-order valence-corrected chi connectivity index (χ2v) is 4.34. The molecular weight excluding hydrogens is 260 g/mol. The maximum atomic E-state index is 11.2. The van der Waals surface area contributed by atoms with E-state index in [1.165, 1.54) is 0 Å². The lowest BCUT2D eigenvalue weighted by atomic mass is 10.2. The Labute approximate surface area is 119 Å². The molecule has 0 spiro atoms. The van der Waals surface area contributed by atoms with Gasteiger partial charge >= 0.3 is 5.97 Å². The molecule has 0 bridgehead atoms. The minimum atomic E-state index is -0.943. The smallest absolute Gasteiger partial charge is 0.335 e. The average Bonchev–Trinajstić information content (AvgIpc) is 2.46. The van der Waals surface area contributed by atoms with Crippen LogP contribution in [0.5, 0.6) is 0 Å². The van der Waals surface area contributed by atoms with Crippen molar-refractivity contribution in [1.82, 2.24) is 4.98 Å². The quantitative estimate of drug-likeness (QED) is 0.739. The normalized spacial score (nSPS) is 10.6. The monoisotopic (exact) mass is 282 g/mol. The van der Waals surface area contributed by atoms with E-state index >= 15 is 0 Å². The number of rotatable bonds is 9. The van der Waals surface area contributed by atoms with Crippen LogP contribution in [-0.4, -0.2) is 56.6 Å². The number of carbonyl (C=O) groups is 1. The van der Waals surface area contributed by atoms with Crippen molar-refractivity contribution in [1.29, 1.82) is 0 Å². The molecular formula is C14H22N2O4. The van der Waals surface area contributed by atoms with Gasteiger partial charge in [0.1, 0.15) is 5.82 Å². The molecule has 1 rings (SSSR count). The third-order valence-electron chi connectivity index (χ3n) is 2.93. The van der Waals surface area contributed by atoms with Gasteiger partial charge in [-0.2, -0.15) is 0 Å². The number of anilines is 1. The molecule has 0 unspecified atom stereocenters. The molecule has 0 atom stereocenters. The van der Waals surface area contributed by atoms with Crippen LogP contribution in [0, 0.1) is 0 Å². The molecule has 112 valence electrons. The Morgan fingerprint density at radius 3 is 2.30 bits per heavy atom. The highest BCUT2D eigenvalue weighted by atomic mass is 16.5. The van der Waals surface area contributed by atoms with Crippen LogP contribution in [0.2, 0.25) is 0 Å². The summed E-state index contributed by atoms with van der Waals surface area (Å²) >= 11 is 0. The Morgan fingerprint density at radius 2 is 1.85 bits per heavy atom. The summed E-state index contributed by atoms with van der Waals surface area (Å²) < 4.78 is 10.2. The Morgan fingerprint density at radius 1 is 1.25 bits per heavy atom. The number of hydrogen-bond donors (Lipinski definition) is 1. The maximum absolute atomic E-state index is 11.2. The van der Waals surface area contributed by atoms with Crippen molar-refractivity contribution in [2.45, 2.75) is 13.3 Å². The van der Waals surface area contributed by atoms with E-state index in [-0.39, 0.29) is 5.56 Å². The van der Waals surface area contributed by atoms with Crippen LogP contribution >= 0.6 is 0 Å². The van der Waals surface area contributed by atoms with E-state index in [9.17, 15) is 4.79 Å². The first-order valence-electron chi connectivity index (χ1n) is 6.59. The van der Waals surface area contributed by atoms with Gasteiger partial charge in [-0.1, -0.05) is 6.92 Å². The van der Waals surface area contributed by atoms with Gasteiger partial charge < -0.3 is 19.5 Å². The number of carboxylic acid groups (broad SMARTS) is 1. The van der Waals surface area contributed by atoms with Crippen LogP contribution < -0.4 is 4.90 Å². The topological polar surface area (TPSA) is 71.9 Å². The van der Waals surface area contributed by atoms with Crippen molar-refractivity contribution in [3.05, 3.63) is 23.4 Å². The van der Waals surface area contributed by atoms with Crippen molar-refractivity contribution in [3.63, 3.8) is 0 Å². The third kappa shape index (κ3) is 4.79. The molecule has 0 aliphatic carbocycles. The Hall–Kier alpha value is -1.66. The minimum Gasteiger partial charge on any atom is -0.478 e. The SMILES string of the molecule is CCc1cc(C(=O)O)cc(N(CCOC)CCOC)n1. The van der Waals surface area contributed by atoms with Gasteiger partial charge in [-0.05, 0) is 18.6 Å². The zero-order chi connectivity index (χ0) is 15.0. The molecule has 0 aliphatic heterocycles. The molecule has 0 radical (unpaired) electrons. The van der Waals surface area contributed by atoms with E-state index in [0.717, 1.165) is 5.69 Å². The molecule has 6 heteroatoms. The van der Waals surface area contributed by atoms with Gasteiger partial charge in [0.25, 0.3) is 0 Å². The molecule has 20 heavy (non-hydrogen) atoms. The second kappa shape index (κ2) is 8.50. The maximum Gasteiger partial charge on any atom is 0.335 e. The van der Waals surface area contributed by atoms with Gasteiger partial charge in [-0.15, -0.1) is 0 Å². The molecule has 0 amide bonds. The third-order valence-corrected chi connectivity index (χ3v) is 2.93.